The van der Waals surface area contributed by atoms with E-state index in [1.165, 1.54) is 16.7 Å². The van der Waals surface area contributed by atoms with Gasteiger partial charge in [-0.05, 0) is 23.6 Å². The number of quaternary nitrogens is 1. The molecule has 3 rings (SSSR count). The predicted molar refractivity (Wildman–Crippen MR) is 110 cm³/mol. The molecular weight excluding hydrogens is 314 g/mol. The van der Waals surface area contributed by atoms with Crippen LogP contribution in [0.5, 0.6) is 0 Å². The average molecular weight is 345 g/mol. The predicted octanol–water partition coefficient (Wildman–Crippen LogP) is 4.65. The molecular formula is C25H30N+. The molecule has 3 aromatic carbocycles. The number of rotatable bonds is 8. The highest BCUT2D eigenvalue weighted by Crippen LogP contribution is 2.32. The van der Waals surface area contributed by atoms with Gasteiger partial charge in [-0.25, -0.2) is 0 Å². The van der Waals surface area contributed by atoms with Crippen LogP contribution < -0.4 is 5.32 Å². The van der Waals surface area contributed by atoms with E-state index in [2.05, 4.69) is 110 Å². The Hall–Kier alpha value is -2.38. The Bertz CT molecular complexity index is 712. The second-order valence-electron chi connectivity index (χ2n) is 7.28. The highest BCUT2D eigenvalue weighted by Gasteiger charge is 2.27. The van der Waals surface area contributed by atoms with Gasteiger partial charge in [0.05, 0.1) is 12.6 Å². The van der Waals surface area contributed by atoms with Crippen LogP contribution in [0.2, 0.25) is 0 Å². The fourth-order valence-electron chi connectivity index (χ4n) is 3.80. The van der Waals surface area contributed by atoms with Gasteiger partial charge >= 0.3 is 0 Å². The van der Waals surface area contributed by atoms with Gasteiger partial charge in [-0.1, -0.05) is 97.9 Å². The van der Waals surface area contributed by atoms with E-state index in [-0.39, 0.29) is 0 Å². The number of benzene rings is 3. The van der Waals surface area contributed by atoms with E-state index in [0.29, 0.717) is 17.9 Å². The van der Waals surface area contributed by atoms with Crippen LogP contribution in [0.3, 0.4) is 0 Å². The highest BCUT2D eigenvalue weighted by molar-refractivity contribution is 5.33. The largest absolute Gasteiger partial charge is 0.344 e. The van der Waals surface area contributed by atoms with Crippen molar-refractivity contribution in [2.75, 3.05) is 6.54 Å². The Balaban J connectivity index is 1.69. The molecule has 0 aliphatic heterocycles. The lowest BCUT2D eigenvalue weighted by Crippen LogP contribution is -2.91. The van der Waals surface area contributed by atoms with Gasteiger partial charge in [0.1, 0.15) is 0 Å². The zero-order chi connectivity index (χ0) is 18.2. The van der Waals surface area contributed by atoms with Crippen LogP contribution in [0.15, 0.2) is 91.0 Å². The lowest BCUT2D eigenvalue weighted by atomic mass is 9.78. The lowest BCUT2D eigenvalue weighted by Gasteiger charge is -2.28. The minimum atomic E-state index is 0.431. The van der Waals surface area contributed by atoms with Crippen molar-refractivity contribution in [3.63, 3.8) is 0 Å². The van der Waals surface area contributed by atoms with Gasteiger partial charge in [-0.3, -0.25) is 0 Å². The van der Waals surface area contributed by atoms with Crippen LogP contribution in [-0.2, 0) is 6.42 Å². The summed E-state index contributed by atoms with van der Waals surface area (Å²) in [6, 6.07) is 33.2. The molecule has 0 spiro atoms. The summed E-state index contributed by atoms with van der Waals surface area (Å²) in [6.07, 6.45) is 1.12. The topological polar surface area (TPSA) is 16.6 Å². The Kier molecular flexibility index (Phi) is 6.62. The minimum Gasteiger partial charge on any atom is -0.344 e. The zero-order valence-corrected chi connectivity index (χ0v) is 15.9. The van der Waals surface area contributed by atoms with E-state index in [1.807, 2.05) is 0 Å². The highest BCUT2D eigenvalue weighted by atomic mass is 14.9. The van der Waals surface area contributed by atoms with Gasteiger partial charge < -0.3 is 5.32 Å². The SMILES string of the molecule is C[C@@H]([NH2+]CCc1ccccc1)[C@@H](C)C(c1ccccc1)c1ccccc1. The maximum absolute atomic E-state index is 2.51. The molecule has 134 valence electrons. The normalized spacial score (nSPS) is 13.5. The smallest absolute Gasteiger partial charge is 0.0865 e. The first-order chi connectivity index (χ1) is 12.8. The van der Waals surface area contributed by atoms with E-state index in [1.54, 1.807) is 0 Å². The molecule has 0 fully saturated rings. The Labute approximate surface area is 158 Å². The van der Waals surface area contributed by atoms with Crippen LogP contribution in [0, 0.1) is 5.92 Å². The van der Waals surface area contributed by atoms with Crippen molar-refractivity contribution in [3.05, 3.63) is 108 Å². The van der Waals surface area contributed by atoms with Crippen molar-refractivity contribution in [1.29, 1.82) is 0 Å². The van der Waals surface area contributed by atoms with E-state index in [4.69, 9.17) is 0 Å². The first-order valence-corrected chi connectivity index (χ1v) is 9.73. The third kappa shape index (κ3) is 4.83. The van der Waals surface area contributed by atoms with Crippen molar-refractivity contribution < 1.29 is 5.32 Å². The molecule has 2 atom stereocenters. The molecule has 0 amide bonds. The van der Waals surface area contributed by atoms with E-state index in [9.17, 15) is 0 Å². The average Bonchev–Trinajstić information content (AvgIpc) is 2.70. The summed E-state index contributed by atoms with van der Waals surface area (Å²) in [6.45, 7) is 5.90. The van der Waals surface area contributed by atoms with Gasteiger partial charge in [-0.2, -0.15) is 0 Å². The lowest BCUT2D eigenvalue weighted by molar-refractivity contribution is -0.692. The summed E-state index contributed by atoms with van der Waals surface area (Å²) in [5, 5.41) is 2.51. The standard InChI is InChI=1S/C25H29N/c1-20(21(2)26-19-18-22-12-6-3-7-13-22)25(23-14-8-4-9-15-23)24-16-10-5-11-17-24/h3-17,20-21,25-26H,18-19H2,1-2H3/p+1/t20-,21-/m1/s1. The third-order valence-corrected chi connectivity index (χ3v) is 5.49. The third-order valence-electron chi connectivity index (χ3n) is 5.49. The number of nitrogens with two attached hydrogens (primary N) is 1. The molecule has 1 heteroatoms. The monoisotopic (exact) mass is 344 g/mol. The molecule has 0 aliphatic rings. The van der Waals surface area contributed by atoms with Crippen LogP contribution in [-0.4, -0.2) is 12.6 Å². The maximum Gasteiger partial charge on any atom is 0.0865 e. The second kappa shape index (κ2) is 9.35. The van der Waals surface area contributed by atoms with Crippen molar-refractivity contribution in [3.8, 4) is 0 Å². The van der Waals surface area contributed by atoms with E-state index in [0.717, 1.165) is 13.0 Å². The van der Waals surface area contributed by atoms with Crippen LogP contribution in [0.4, 0.5) is 0 Å². The molecule has 0 bridgehead atoms. The molecule has 0 aliphatic carbocycles. The van der Waals surface area contributed by atoms with Gasteiger partial charge in [0.15, 0.2) is 0 Å². The van der Waals surface area contributed by atoms with Crippen molar-refractivity contribution in [2.24, 2.45) is 5.92 Å². The quantitative estimate of drug-likeness (QED) is 0.612. The van der Waals surface area contributed by atoms with Gasteiger partial charge in [0.2, 0.25) is 0 Å². The molecule has 2 N–H and O–H groups in total. The van der Waals surface area contributed by atoms with Crippen molar-refractivity contribution in [1.82, 2.24) is 0 Å². The Morgan fingerprint density at radius 3 is 1.62 bits per heavy atom. The summed E-state index contributed by atoms with van der Waals surface area (Å²) in [4.78, 5) is 0. The molecule has 0 radical (unpaired) electrons. The fraction of sp³-hybridized carbons (Fsp3) is 0.280. The van der Waals surface area contributed by atoms with E-state index >= 15 is 0 Å². The molecule has 1 nitrogen and oxygen atoms in total. The van der Waals surface area contributed by atoms with Gasteiger partial charge in [0, 0.05) is 18.3 Å². The van der Waals surface area contributed by atoms with Crippen molar-refractivity contribution >= 4 is 0 Å². The van der Waals surface area contributed by atoms with Crippen LogP contribution >= 0.6 is 0 Å². The first kappa shape index (κ1) is 18.4. The summed E-state index contributed by atoms with van der Waals surface area (Å²) >= 11 is 0. The molecule has 0 saturated heterocycles. The molecule has 0 aromatic heterocycles. The molecule has 26 heavy (non-hydrogen) atoms. The second-order valence-corrected chi connectivity index (χ2v) is 7.28. The zero-order valence-electron chi connectivity index (χ0n) is 15.9. The fourth-order valence-corrected chi connectivity index (χ4v) is 3.80. The molecule has 0 saturated carbocycles. The van der Waals surface area contributed by atoms with Crippen LogP contribution in [0.1, 0.15) is 36.5 Å². The minimum absolute atomic E-state index is 0.431. The summed E-state index contributed by atoms with van der Waals surface area (Å²) < 4.78 is 0. The van der Waals surface area contributed by atoms with Crippen LogP contribution in [0.25, 0.3) is 0 Å². The van der Waals surface area contributed by atoms with Gasteiger partial charge in [-0.15, -0.1) is 0 Å². The van der Waals surface area contributed by atoms with Crippen molar-refractivity contribution in [2.45, 2.75) is 32.2 Å². The van der Waals surface area contributed by atoms with Gasteiger partial charge in [0.25, 0.3) is 0 Å². The summed E-state index contributed by atoms with van der Waals surface area (Å²) in [5.74, 6) is 0.982. The van der Waals surface area contributed by atoms with E-state index < -0.39 is 0 Å². The maximum atomic E-state index is 2.51. The summed E-state index contributed by atoms with van der Waals surface area (Å²) in [7, 11) is 0. The first-order valence-electron chi connectivity index (χ1n) is 9.73. The summed E-state index contributed by atoms with van der Waals surface area (Å²) in [5.41, 5.74) is 4.25. The molecule has 0 heterocycles. The molecule has 0 unspecified atom stereocenters. The number of hydrogen-bond acceptors (Lipinski definition) is 0. The Morgan fingerprint density at radius 1 is 0.654 bits per heavy atom. The molecule has 3 aromatic rings. The number of hydrogen-bond donors (Lipinski definition) is 1. The Morgan fingerprint density at radius 2 is 1.12 bits per heavy atom.